The molecule has 0 saturated heterocycles. The van der Waals surface area contributed by atoms with Crippen LogP contribution >= 0.6 is 0 Å². The molecule has 1 aromatic heterocycles. The van der Waals surface area contributed by atoms with E-state index < -0.39 is 0 Å². The van der Waals surface area contributed by atoms with E-state index in [4.69, 9.17) is 4.98 Å². The van der Waals surface area contributed by atoms with Gasteiger partial charge in [0.15, 0.2) is 0 Å². The van der Waals surface area contributed by atoms with Crippen LogP contribution in [0.15, 0.2) is 91.8 Å². The van der Waals surface area contributed by atoms with Crippen molar-refractivity contribution in [3.8, 4) is 11.3 Å². The van der Waals surface area contributed by atoms with E-state index in [1.165, 1.54) is 11.6 Å². The van der Waals surface area contributed by atoms with Gasteiger partial charge in [0, 0.05) is 17.8 Å². The highest BCUT2D eigenvalue weighted by Gasteiger charge is 2.14. The minimum atomic E-state index is -0.208. The van der Waals surface area contributed by atoms with Gasteiger partial charge in [-0.15, -0.1) is 6.58 Å². The molecule has 0 aliphatic carbocycles. The Morgan fingerprint density at radius 1 is 1.17 bits per heavy atom. The molecule has 0 radical (unpaired) electrons. The van der Waals surface area contributed by atoms with Crippen LogP contribution in [0.2, 0.25) is 0 Å². The molecule has 158 valence electrons. The molecule has 0 amide bonds. The first kappa shape index (κ1) is 23.5. The van der Waals surface area contributed by atoms with Crippen molar-refractivity contribution in [3.63, 3.8) is 0 Å². The summed E-state index contributed by atoms with van der Waals surface area (Å²) in [6.07, 6.45) is 11.7. The lowest BCUT2D eigenvalue weighted by Crippen LogP contribution is -2.18. The van der Waals surface area contributed by atoms with Crippen molar-refractivity contribution < 1.29 is 4.39 Å². The second-order valence-electron chi connectivity index (χ2n) is 7.37. The number of benzene rings is 1. The predicted octanol–water partition coefficient (Wildman–Crippen LogP) is 6.94. The topological polar surface area (TPSA) is 24.9 Å². The average Bonchev–Trinajstić information content (AvgIpc) is 2.78. The summed E-state index contributed by atoms with van der Waals surface area (Å²) in [5, 5.41) is 3.37. The molecule has 0 fully saturated rings. The van der Waals surface area contributed by atoms with Gasteiger partial charge in [0.2, 0.25) is 0 Å². The van der Waals surface area contributed by atoms with Crippen molar-refractivity contribution in [3.05, 3.63) is 103 Å². The number of pyridine rings is 1. The van der Waals surface area contributed by atoms with Gasteiger partial charge in [-0.3, -0.25) is 4.98 Å². The third-order valence-electron chi connectivity index (χ3n) is 4.98. The number of hydrogen-bond donors (Lipinski definition) is 1. The van der Waals surface area contributed by atoms with E-state index in [-0.39, 0.29) is 5.83 Å². The number of halogens is 1. The first-order valence-electron chi connectivity index (χ1n) is 10.7. The summed E-state index contributed by atoms with van der Waals surface area (Å²) >= 11 is 0. The Balaban J connectivity index is 2.11. The summed E-state index contributed by atoms with van der Waals surface area (Å²) in [6, 6.07) is 14.6. The number of hydrogen-bond acceptors (Lipinski definition) is 2. The molecule has 0 saturated carbocycles. The maximum absolute atomic E-state index is 13.6. The van der Waals surface area contributed by atoms with E-state index in [2.05, 4.69) is 49.7 Å². The largest absolute Gasteiger partial charge is 0.313 e. The highest BCUT2D eigenvalue weighted by atomic mass is 19.1. The van der Waals surface area contributed by atoms with Gasteiger partial charge in [-0.1, -0.05) is 68.1 Å². The summed E-state index contributed by atoms with van der Waals surface area (Å²) in [4.78, 5) is 5.04. The molecule has 2 rings (SSSR count). The summed E-state index contributed by atoms with van der Waals surface area (Å²) in [5.41, 5.74) is 4.55. The minimum absolute atomic E-state index is 0.208. The van der Waals surface area contributed by atoms with Crippen molar-refractivity contribution in [1.82, 2.24) is 10.3 Å². The monoisotopic (exact) mass is 404 g/mol. The second kappa shape index (κ2) is 13.4. The highest BCUT2D eigenvalue weighted by molar-refractivity contribution is 5.59. The number of nitrogens with one attached hydrogen (secondary N) is 1. The average molecular weight is 405 g/mol. The van der Waals surface area contributed by atoms with Crippen molar-refractivity contribution in [1.29, 1.82) is 0 Å². The number of aromatic nitrogens is 1. The number of unbranched alkanes of at least 4 members (excludes halogenated alkanes) is 1. The van der Waals surface area contributed by atoms with E-state index in [1.54, 1.807) is 18.2 Å². The molecule has 1 N–H and O–H groups in total. The standard InChI is InChI=1S/C27H33FN2/c1-4-6-15-25(28)16-11-10-12-22(3)27-24(19-21-29-20-5-2)17-18-26(30-27)23-13-8-7-9-14-23/h4-9,13-18,22,29H,1-2,10-12,19-21H2,3H3/b15-6-,25-16+. The van der Waals surface area contributed by atoms with Crippen LogP contribution in [-0.4, -0.2) is 18.1 Å². The smallest absolute Gasteiger partial charge is 0.119 e. The zero-order valence-corrected chi connectivity index (χ0v) is 18.0. The Morgan fingerprint density at radius 3 is 2.70 bits per heavy atom. The van der Waals surface area contributed by atoms with E-state index in [0.29, 0.717) is 12.3 Å². The lowest BCUT2D eigenvalue weighted by atomic mass is 9.94. The van der Waals surface area contributed by atoms with Gasteiger partial charge in [0.25, 0.3) is 0 Å². The Morgan fingerprint density at radius 2 is 1.97 bits per heavy atom. The molecule has 3 heteroatoms. The number of rotatable bonds is 13. The van der Waals surface area contributed by atoms with Gasteiger partial charge < -0.3 is 5.32 Å². The fraction of sp³-hybridized carbons (Fsp3) is 0.296. The third-order valence-corrected chi connectivity index (χ3v) is 4.98. The summed E-state index contributed by atoms with van der Waals surface area (Å²) in [5.74, 6) is 0.101. The molecule has 1 aromatic carbocycles. The normalized spacial score (nSPS) is 12.8. The maximum Gasteiger partial charge on any atom is 0.119 e. The minimum Gasteiger partial charge on any atom is -0.313 e. The van der Waals surface area contributed by atoms with Crippen LogP contribution in [0.4, 0.5) is 4.39 Å². The quantitative estimate of drug-likeness (QED) is 0.222. The molecular formula is C27H33FN2. The molecular weight excluding hydrogens is 371 g/mol. The highest BCUT2D eigenvalue weighted by Crippen LogP contribution is 2.27. The van der Waals surface area contributed by atoms with Gasteiger partial charge in [-0.25, -0.2) is 4.39 Å². The van der Waals surface area contributed by atoms with E-state index >= 15 is 0 Å². The molecule has 30 heavy (non-hydrogen) atoms. The molecule has 2 aromatic rings. The van der Waals surface area contributed by atoms with Gasteiger partial charge in [-0.2, -0.15) is 0 Å². The Labute approximate surface area is 181 Å². The van der Waals surface area contributed by atoms with Crippen molar-refractivity contribution in [2.24, 2.45) is 0 Å². The number of allylic oxidation sites excluding steroid dienone is 5. The molecule has 0 aliphatic rings. The zero-order chi connectivity index (χ0) is 21.6. The SMILES string of the molecule is C=C/C=C\C(F)=C/CCCC(C)c1nc(-c2ccccc2)ccc1CCNCC=C. The third kappa shape index (κ3) is 7.92. The maximum atomic E-state index is 13.6. The van der Waals surface area contributed by atoms with Crippen LogP contribution in [0.5, 0.6) is 0 Å². The van der Waals surface area contributed by atoms with Crippen LogP contribution in [0, 0.1) is 0 Å². The Hall–Kier alpha value is -2.78. The first-order valence-corrected chi connectivity index (χ1v) is 10.7. The summed E-state index contributed by atoms with van der Waals surface area (Å²) in [7, 11) is 0. The molecule has 0 aliphatic heterocycles. The van der Waals surface area contributed by atoms with Gasteiger partial charge in [-0.05, 0) is 61.9 Å². The van der Waals surface area contributed by atoms with Crippen LogP contribution in [0.3, 0.4) is 0 Å². The molecule has 1 atom stereocenters. The predicted molar refractivity (Wildman–Crippen MR) is 127 cm³/mol. The molecule has 2 nitrogen and oxygen atoms in total. The van der Waals surface area contributed by atoms with Crippen LogP contribution in [0.25, 0.3) is 11.3 Å². The molecule has 1 unspecified atom stereocenters. The Kier molecular flexibility index (Phi) is 10.5. The summed E-state index contributed by atoms with van der Waals surface area (Å²) < 4.78 is 13.6. The molecule has 0 bridgehead atoms. The van der Waals surface area contributed by atoms with Crippen LogP contribution in [0.1, 0.15) is 43.4 Å². The second-order valence-corrected chi connectivity index (χ2v) is 7.37. The zero-order valence-electron chi connectivity index (χ0n) is 18.0. The van der Waals surface area contributed by atoms with Gasteiger partial charge >= 0.3 is 0 Å². The molecule has 0 spiro atoms. The number of nitrogens with zero attached hydrogens (tertiary/aromatic N) is 1. The first-order chi connectivity index (χ1) is 14.7. The summed E-state index contributed by atoms with van der Waals surface area (Å²) in [6.45, 7) is 11.2. The van der Waals surface area contributed by atoms with Crippen LogP contribution < -0.4 is 5.32 Å². The fourth-order valence-electron chi connectivity index (χ4n) is 3.37. The van der Waals surface area contributed by atoms with E-state index in [0.717, 1.165) is 49.3 Å². The van der Waals surface area contributed by atoms with Crippen LogP contribution in [-0.2, 0) is 6.42 Å². The van der Waals surface area contributed by atoms with Crippen molar-refractivity contribution in [2.45, 2.75) is 38.5 Å². The van der Waals surface area contributed by atoms with E-state index in [1.807, 2.05) is 24.3 Å². The van der Waals surface area contributed by atoms with Crippen molar-refractivity contribution >= 4 is 0 Å². The van der Waals surface area contributed by atoms with E-state index in [9.17, 15) is 4.39 Å². The van der Waals surface area contributed by atoms with Gasteiger partial charge in [0.05, 0.1) is 5.69 Å². The lowest BCUT2D eigenvalue weighted by molar-refractivity contribution is 0.605. The Bertz CT molecular complexity index is 852. The fourth-order valence-corrected chi connectivity index (χ4v) is 3.37. The van der Waals surface area contributed by atoms with Crippen molar-refractivity contribution in [2.75, 3.05) is 13.1 Å². The lowest BCUT2D eigenvalue weighted by Gasteiger charge is -2.17. The molecule has 1 heterocycles. The van der Waals surface area contributed by atoms with Gasteiger partial charge in [0.1, 0.15) is 5.83 Å².